The fraction of sp³-hybridized carbons (Fsp3) is 0.800. The Kier molecular flexibility index (Phi) is 4.45. The Balaban J connectivity index is 2.47. The van der Waals surface area contributed by atoms with E-state index in [4.69, 9.17) is 0 Å². The van der Waals surface area contributed by atoms with Gasteiger partial charge in [-0.2, -0.15) is 0 Å². The van der Waals surface area contributed by atoms with E-state index in [1.54, 1.807) is 18.8 Å². The molecule has 0 saturated carbocycles. The third kappa shape index (κ3) is 3.41. The molecule has 1 unspecified atom stereocenters. The van der Waals surface area contributed by atoms with E-state index in [2.05, 4.69) is 29.5 Å². The predicted octanol–water partition coefficient (Wildman–Crippen LogP) is 0.838. The van der Waals surface area contributed by atoms with E-state index in [-0.39, 0.29) is 11.9 Å². The second kappa shape index (κ2) is 5.39. The van der Waals surface area contributed by atoms with Crippen LogP contribution in [0.4, 0.5) is 0 Å². The molecule has 15 heavy (non-hydrogen) atoms. The Morgan fingerprint density at radius 3 is 2.67 bits per heavy atom. The summed E-state index contributed by atoms with van der Waals surface area (Å²) in [5.74, 6) is 1.57. The molecular weight excluding hydrogens is 210 g/mol. The number of thioether (sulfide) groups is 1. The van der Waals surface area contributed by atoms with E-state index in [0.717, 1.165) is 10.9 Å². The summed E-state index contributed by atoms with van der Waals surface area (Å²) in [5, 5.41) is 6.62. The lowest BCUT2D eigenvalue weighted by Crippen LogP contribution is -2.42. The van der Waals surface area contributed by atoms with Gasteiger partial charge in [0.15, 0.2) is 5.17 Å². The number of carbonyl (C=O) groups is 1. The highest BCUT2D eigenvalue weighted by molar-refractivity contribution is 8.14. The Hall–Kier alpha value is -0.710. The van der Waals surface area contributed by atoms with Crippen molar-refractivity contribution in [2.75, 3.05) is 12.8 Å². The summed E-state index contributed by atoms with van der Waals surface area (Å²) >= 11 is 1.69. The van der Waals surface area contributed by atoms with Crippen LogP contribution in [0, 0.1) is 5.92 Å². The first-order valence-electron chi connectivity index (χ1n) is 5.23. The number of amidine groups is 1. The summed E-state index contributed by atoms with van der Waals surface area (Å²) in [6.07, 6.45) is 0. The van der Waals surface area contributed by atoms with Gasteiger partial charge in [0.2, 0.25) is 5.91 Å². The van der Waals surface area contributed by atoms with Gasteiger partial charge in [-0.1, -0.05) is 25.6 Å². The molecule has 2 N–H and O–H groups in total. The van der Waals surface area contributed by atoms with Crippen LogP contribution >= 0.6 is 11.8 Å². The Bertz CT molecular complexity index is 265. The first kappa shape index (κ1) is 12.4. The normalized spacial score (nSPS) is 22.5. The fourth-order valence-electron chi connectivity index (χ4n) is 1.28. The van der Waals surface area contributed by atoms with Gasteiger partial charge in [-0.25, -0.2) is 0 Å². The van der Waals surface area contributed by atoms with Crippen LogP contribution in [-0.2, 0) is 4.79 Å². The van der Waals surface area contributed by atoms with Crippen LogP contribution in [0.5, 0.6) is 0 Å². The van der Waals surface area contributed by atoms with Gasteiger partial charge in [-0.3, -0.25) is 9.79 Å². The Morgan fingerprint density at radius 1 is 1.53 bits per heavy atom. The van der Waals surface area contributed by atoms with E-state index >= 15 is 0 Å². The molecule has 0 saturated heterocycles. The van der Waals surface area contributed by atoms with E-state index in [1.807, 2.05) is 6.92 Å². The number of nitrogens with one attached hydrogen (secondary N) is 2. The van der Waals surface area contributed by atoms with Gasteiger partial charge >= 0.3 is 0 Å². The number of hydrogen-bond donors (Lipinski definition) is 2. The van der Waals surface area contributed by atoms with Crippen molar-refractivity contribution in [2.45, 2.75) is 32.9 Å². The van der Waals surface area contributed by atoms with Crippen LogP contribution in [0.1, 0.15) is 20.8 Å². The lowest BCUT2D eigenvalue weighted by Gasteiger charge is -2.12. The van der Waals surface area contributed by atoms with Crippen molar-refractivity contribution in [3.05, 3.63) is 0 Å². The second-order valence-corrected chi connectivity index (χ2v) is 5.05. The van der Waals surface area contributed by atoms with Crippen molar-refractivity contribution >= 4 is 22.8 Å². The third-order valence-electron chi connectivity index (χ3n) is 2.42. The van der Waals surface area contributed by atoms with Gasteiger partial charge < -0.3 is 10.6 Å². The monoisotopic (exact) mass is 229 g/mol. The number of amides is 1. The van der Waals surface area contributed by atoms with Crippen molar-refractivity contribution in [1.82, 2.24) is 10.6 Å². The molecule has 1 rings (SSSR count). The Labute approximate surface area is 95.3 Å². The van der Waals surface area contributed by atoms with Crippen LogP contribution in [0.15, 0.2) is 4.99 Å². The Morgan fingerprint density at radius 2 is 2.20 bits per heavy atom. The van der Waals surface area contributed by atoms with Crippen molar-refractivity contribution in [3.8, 4) is 0 Å². The minimum atomic E-state index is -0.216. The maximum atomic E-state index is 11.3. The highest BCUT2D eigenvalue weighted by Crippen LogP contribution is 2.22. The third-order valence-corrected chi connectivity index (χ3v) is 3.43. The quantitative estimate of drug-likeness (QED) is 0.754. The highest BCUT2D eigenvalue weighted by Gasteiger charge is 2.23. The van der Waals surface area contributed by atoms with Gasteiger partial charge in [0.25, 0.3) is 0 Å². The summed E-state index contributed by atoms with van der Waals surface area (Å²) in [6.45, 7) is 6.17. The first-order valence-corrected chi connectivity index (χ1v) is 6.22. The van der Waals surface area contributed by atoms with Crippen molar-refractivity contribution < 1.29 is 4.79 Å². The van der Waals surface area contributed by atoms with E-state index in [0.29, 0.717) is 12.0 Å². The van der Waals surface area contributed by atoms with Crippen molar-refractivity contribution in [2.24, 2.45) is 10.9 Å². The molecule has 0 aromatic carbocycles. The van der Waals surface area contributed by atoms with Gasteiger partial charge in [0.05, 0.1) is 6.04 Å². The summed E-state index contributed by atoms with van der Waals surface area (Å²) in [6, 6.07) is 0.168. The lowest BCUT2D eigenvalue weighted by molar-refractivity contribution is -0.121. The molecule has 0 spiro atoms. The molecule has 0 fully saturated rings. The summed E-state index contributed by atoms with van der Waals surface area (Å²) in [4.78, 5) is 15.8. The van der Waals surface area contributed by atoms with E-state index in [1.165, 1.54) is 0 Å². The minimum Gasteiger partial charge on any atom is -0.357 e. The first-order chi connectivity index (χ1) is 7.04. The number of carbonyl (C=O) groups excluding carboxylic acids is 1. The zero-order chi connectivity index (χ0) is 11.4. The van der Waals surface area contributed by atoms with Crippen LogP contribution in [0.25, 0.3) is 0 Å². The molecule has 0 radical (unpaired) electrons. The molecule has 0 aliphatic carbocycles. The zero-order valence-corrected chi connectivity index (χ0v) is 10.5. The van der Waals surface area contributed by atoms with Crippen LogP contribution in [0.2, 0.25) is 0 Å². The molecule has 4 nitrogen and oxygen atoms in total. The van der Waals surface area contributed by atoms with Crippen molar-refractivity contribution in [1.29, 1.82) is 0 Å². The van der Waals surface area contributed by atoms with Gasteiger partial charge in [-0.05, 0) is 12.8 Å². The largest absolute Gasteiger partial charge is 0.357 e. The molecule has 1 aliphatic rings. The average Bonchev–Trinajstić information content (AvgIpc) is 2.65. The topological polar surface area (TPSA) is 53.5 Å². The molecule has 0 aromatic rings. The predicted molar refractivity (Wildman–Crippen MR) is 65.2 cm³/mol. The smallest absolute Gasteiger partial charge is 0.242 e. The molecule has 1 amide bonds. The zero-order valence-electron chi connectivity index (χ0n) is 9.70. The van der Waals surface area contributed by atoms with Crippen LogP contribution < -0.4 is 10.6 Å². The second-order valence-electron chi connectivity index (χ2n) is 4.04. The number of likely N-dealkylation sites (N-methyl/N-ethyl adjacent to an activating group) is 1. The van der Waals surface area contributed by atoms with Gasteiger partial charge in [-0.15, -0.1) is 0 Å². The number of rotatable bonds is 3. The molecule has 2 atom stereocenters. The molecule has 86 valence electrons. The minimum absolute atomic E-state index is 0.00806. The molecule has 0 aromatic heterocycles. The highest BCUT2D eigenvalue weighted by atomic mass is 32.2. The van der Waals surface area contributed by atoms with Crippen LogP contribution in [-0.4, -0.2) is 36.0 Å². The number of aliphatic imine (C=N–C) groups is 1. The maximum absolute atomic E-state index is 11.3. The molecule has 5 heteroatoms. The molecule has 1 heterocycles. The van der Waals surface area contributed by atoms with Gasteiger partial charge in [0.1, 0.15) is 6.04 Å². The molecule has 1 aliphatic heterocycles. The van der Waals surface area contributed by atoms with E-state index < -0.39 is 0 Å². The fourth-order valence-corrected chi connectivity index (χ4v) is 2.54. The summed E-state index contributed by atoms with van der Waals surface area (Å²) < 4.78 is 0. The van der Waals surface area contributed by atoms with Crippen molar-refractivity contribution in [3.63, 3.8) is 0 Å². The number of nitrogens with zero attached hydrogens (tertiary/aromatic N) is 1. The maximum Gasteiger partial charge on any atom is 0.242 e. The van der Waals surface area contributed by atoms with Gasteiger partial charge in [0, 0.05) is 12.8 Å². The molecule has 0 bridgehead atoms. The van der Waals surface area contributed by atoms with Crippen LogP contribution in [0.3, 0.4) is 0 Å². The van der Waals surface area contributed by atoms with E-state index in [9.17, 15) is 4.79 Å². The lowest BCUT2D eigenvalue weighted by atomic mass is 10.1. The summed E-state index contributed by atoms with van der Waals surface area (Å²) in [5.41, 5.74) is 0. The standard InChI is InChI=1S/C10H19N3OS/c1-6(2)8-5-15-10(13-8)12-7(3)9(14)11-4/h6-8H,5H2,1-4H3,(H,11,14)(H,12,13)/t7?,8-/m1/s1. The SMILES string of the molecule is CNC(=O)C(C)NC1=N[C@@H](C(C)C)CS1. The average molecular weight is 229 g/mol. The molecular formula is C10H19N3OS. The summed E-state index contributed by atoms with van der Waals surface area (Å²) in [7, 11) is 1.64. The number of hydrogen-bond acceptors (Lipinski definition) is 4.